The molecule has 6 nitrogen and oxygen atoms in total. The van der Waals surface area contributed by atoms with Crippen LogP contribution < -0.4 is 4.74 Å². The predicted molar refractivity (Wildman–Crippen MR) is 104 cm³/mol. The number of methoxy groups -OCH3 is 1. The first kappa shape index (κ1) is 19.9. The van der Waals surface area contributed by atoms with E-state index in [0.29, 0.717) is 12.3 Å². The summed E-state index contributed by atoms with van der Waals surface area (Å²) in [6, 6.07) is 16.6. The van der Waals surface area contributed by atoms with Crippen molar-refractivity contribution in [3.63, 3.8) is 0 Å². The van der Waals surface area contributed by atoms with Crippen LogP contribution in [0.4, 0.5) is 0 Å². The number of hydrogen-bond donors (Lipinski definition) is 2. The number of likely N-dealkylation sites (tertiary alicyclic amines) is 1. The van der Waals surface area contributed by atoms with Crippen molar-refractivity contribution in [2.45, 2.75) is 25.4 Å². The van der Waals surface area contributed by atoms with E-state index in [1.54, 1.807) is 18.1 Å². The molecule has 2 N–H and O–H groups in total. The van der Waals surface area contributed by atoms with Gasteiger partial charge in [-0.1, -0.05) is 48.5 Å². The molecule has 148 valence electrons. The quantitative estimate of drug-likeness (QED) is 0.798. The third-order valence-electron chi connectivity index (χ3n) is 5.53. The maximum absolute atomic E-state index is 12.7. The summed E-state index contributed by atoms with van der Waals surface area (Å²) in [5.74, 6) is -0.541. The molecule has 1 heterocycles. The van der Waals surface area contributed by atoms with E-state index in [9.17, 15) is 19.8 Å². The molecule has 1 amide bonds. The maximum atomic E-state index is 12.7. The van der Waals surface area contributed by atoms with Crippen LogP contribution in [0.25, 0.3) is 0 Å². The summed E-state index contributed by atoms with van der Waals surface area (Å²) in [7, 11) is 1.55. The number of hydrogen-bond acceptors (Lipinski definition) is 4. The van der Waals surface area contributed by atoms with E-state index in [1.807, 2.05) is 48.5 Å². The minimum Gasteiger partial charge on any atom is -0.496 e. The molecule has 0 spiro atoms. The standard InChI is InChI=1S/C22H25NO5/c1-28-18-10-6-5-9-17(18)13-20(25)23-12-11-22(21(26)27,19(24)15-23)14-16-7-3-2-4-8-16/h2-10,19,24H,11-15H2,1H3,(H,26,27)/t19-,22+/m0/s1. The third kappa shape index (κ3) is 4.02. The predicted octanol–water partition coefficient (Wildman–Crippen LogP) is 2.14. The first-order valence-corrected chi connectivity index (χ1v) is 9.31. The van der Waals surface area contributed by atoms with Crippen LogP contribution in [-0.4, -0.2) is 53.3 Å². The summed E-state index contributed by atoms with van der Waals surface area (Å²) in [5.41, 5.74) is 0.337. The van der Waals surface area contributed by atoms with Crippen molar-refractivity contribution in [3.05, 3.63) is 65.7 Å². The summed E-state index contributed by atoms with van der Waals surface area (Å²) in [4.78, 5) is 26.3. The third-order valence-corrected chi connectivity index (χ3v) is 5.53. The molecule has 2 aromatic rings. The number of rotatable bonds is 6. The van der Waals surface area contributed by atoms with Gasteiger partial charge in [0.05, 0.1) is 19.6 Å². The Balaban J connectivity index is 1.72. The Hall–Kier alpha value is -2.86. The summed E-state index contributed by atoms with van der Waals surface area (Å²) in [6.07, 6.45) is -0.551. The lowest BCUT2D eigenvalue weighted by molar-refractivity contribution is -0.165. The van der Waals surface area contributed by atoms with E-state index in [-0.39, 0.29) is 31.7 Å². The molecular formula is C22H25NO5. The average molecular weight is 383 g/mol. The smallest absolute Gasteiger partial charge is 0.312 e. The van der Waals surface area contributed by atoms with Gasteiger partial charge in [-0.3, -0.25) is 9.59 Å². The lowest BCUT2D eigenvalue weighted by atomic mass is 9.71. The Morgan fingerprint density at radius 1 is 1.14 bits per heavy atom. The van der Waals surface area contributed by atoms with Crippen molar-refractivity contribution in [1.82, 2.24) is 4.90 Å². The number of piperidine rings is 1. The second kappa shape index (κ2) is 8.44. The van der Waals surface area contributed by atoms with Crippen molar-refractivity contribution in [2.24, 2.45) is 5.41 Å². The maximum Gasteiger partial charge on any atom is 0.312 e. The van der Waals surface area contributed by atoms with Gasteiger partial charge in [0.1, 0.15) is 11.2 Å². The molecule has 2 aromatic carbocycles. The van der Waals surface area contributed by atoms with E-state index >= 15 is 0 Å². The number of ether oxygens (including phenoxy) is 1. The Bertz CT molecular complexity index is 838. The molecule has 1 aliphatic heterocycles. The fourth-order valence-corrected chi connectivity index (χ4v) is 3.82. The highest BCUT2D eigenvalue weighted by molar-refractivity contribution is 5.81. The van der Waals surface area contributed by atoms with Crippen molar-refractivity contribution < 1.29 is 24.5 Å². The van der Waals surface area contributed by atoms with Gasteiger partial charge >= 0.3 is 5.97 Å². The van der Waals surface area contributed by atoms with Crippen LogP contribution >= 0.6 is 0 Å². The van der Waals surface area contributed by atoms with Crippen molar-refractivity contribution in [3.8, 4) is 5.75 Å². The number of carboxylic acids is 1. The topological polar surface area (TPSA) is 87.1 Å². The van der Waals surface area contributed by atoms with Gasteiger partial charge in [-0.25, -0.2) is 0 Å². The number of carbonyl (C=O) groups excluding carboxylic acids is 1. The van der Waals surface area contributed by atoms with E-state index in [4.69, 9.17) is 4.74 Å². The van der Waals surface area contributed by atoms with Crippen LogP contribution in [0.15, 0.2) is 54.6 Å². The Morgan fingerprint density at radius 3 is 2.46 bits per heavy atom. The molecule has 0 bridgehead atoms. The van der Waals surface area contributed by atoms with Gasteiger partial charge in [0.25, 0.3) is 0 Å². The second-order valence-corrected chi connectivity index (χ2v) is 7.22. The van der Waals surface area contributed by atoms with Gasteiger partial charge in [0.2, 0.25) is 5.91 Å². The van der Waals surface area contributed by atoms with E-state index in [2.05, 4.69) is 0 Å². The van der Waals surface area contributed by atoms with Gasteiger partial charge in [-0.2, -0.15) is 0 Å². The summed E-state index contributed by atoms with van der Waals surface area (Å²) in [6.45, 7) is 0.303. The molecule has 0 aromatic heterocycles. The fraction of sp³-hybridized carbons (Fsp3) is 0.364. The summed E-state index contributed by atoms with van der Waals surface area (Å²) >= 11 is 0. The van der Waals surface area contributed by atoms with Crippen molar-refractivity contribution in [2.75, 3.05) is 20.2 Å². The highest BCUT2D eigenvalue weighted by Crippen LogP contribution is 2.36. The number of β-amino-alcohol motifs (C(OH)–C–C–N with tert-alkyl or cyclic N) is 1. The SMILES string of the molecule is COc1ccccc1CC(=O)N1CC[C@](Cc2ccccc2)(C(=O)O)[C@@H](O)C1. The molecule has 1 aliphatic rings. The van der Waals surface area contributed by atoms with Crippen LogP contribution in [0.1, 0.15) is 17.5 Å². The highest BCUT2D eigenvalue weighted by atomic mass is 16.5. The summed E-state index contributed by atoms with van der Waals surface area (Å²) < 4.78 is 5.29. The van der Waals surface area contributed by atoms with Gasteiger partial charge in [0, 0.05) is 18.7 Å². The molecule has 3 rings (SSSR count). The lowest BCUT2D eigenvalue weighted by Gasteiger charge is -2.43. The van der Waals surface area contributed by atoms with Crippen molar-refractivity contribution in [1.29, 1.82) is 0 Å². The largest absolute Gasteiger partial charge is 0.496 e. The molecule has 0 radical (unpaired) electrons. The molecule has 0 unspecified atom stereocenters. The molecule has 0 saturated carbocycles. The minimum atomic E-state index is -1.29. The molecule has 0 aliphatic carbocycles. The Kier molecular flexibility index (Phi) is 5.99. The molecule has 2 atom stereocenters. The minimum absolute atomic E-state index is 0.00706. The van der Waals surface area contributed by atoms with Crippen LogP contribution in [0, 0.1) is 5.41 Å². The molecule has 1 saturated heterocycles. The number of aliphatic carboxylic acids is 1. The number of amides is 1. The molecule has 1 fully saturated rings. The highest BCUT2D eigenvalue weighted by Gasteiger charge is 2.49. The number of para-hydroxylation sites is 1. The van der Waals surface area contributed by atoms with Crippen LogP contribution in [0.5, 0.6) is 5.75 Å². The molecule has 6 heteroatoms. The lowest BCUT2D eigenvalue weighted by Crippen LogP contribution is -2.57. The van der Waals surface area contributed by atoms with Crippen LogP contribution in [0.3, 0.4) is 0 Å². The van der Waals surface area contributed by atoms with Gasteiger partial charge in [-0.05, 0) is 24.5 Å². The second-order valence-electron chi connectivity index (χ2n) is 7.22. The Labute approximate surface area is 164 Å². The number of benzene rings is 2. The normalized spacial score (nSPS) is 21.9. The van der Waals surface area contributed by atoms with Gasteiger partial charge < -0.3 is 19.8 Å². The fourth-order valence-electron chi connectivity index (χ4n) is 3.82. The first-order chi connectivity index (χ1) is 13.5. The van der Waals surface area contributed by atoms with Crippen molar-refractivity contribution >= 4 is 11.9 Å². The van der Waals surface area contributed by atoms with Crippen LogP contribution in [-0.2, 0) is 22.4 Å². The molecular weight excluding hydrogens is 358 g/mol. The van der Waals surface area contributed by atoms with E-state index < -0.39 is 17.5 Å². The first-order valence-electron chi connectivity index (χ1n) is 9.31. The van der Waals surface area contributed by atoms with Gasteiger partial charge in [-0.15, -0.1) is 0 Å². The summed E-state index contributed by atoms with van der Waals surface area (Å²) in [5, 5.41) is 20.6. The Morgan fingerprint density at radius 2 is 1.82 bits per heavy atom. The zero-order valence-electron chi connectivity index (χ0n) is 15.9. The number of aliphatic hydroxyl groups is 1. The number of carboxylic acid groups (broad SMARTS) is 1. The zero-order valence-corrected chi connectivity index (χ0v) is 15.9. The van der Waals surface area contributed by atoms with E-state index in [1.165, 1.54) is 0 Å². The van der Waals surface area contributed by atoms with E-state index in [0.717, 1.165) is 11.1 Å². The number of aliphatic hydroxyl groups excluding tert-OH is 1. The molecule has 28 heavy (non-hydrogen) atoms. The zero-order chi connectivity index (χ0) is 20.1. The number of nitrogens with zero attached hydrogens (tertiary/aromatic N) is 1. The number of carbonyl (C=O) groups is 2. The monoisotopic (exact) mass is 383 g/mol. The average Bonchev–Trinajstić information content (AvgIpc) is 2.70. The van der Waals surface area contributed by atoms with Gasteiger partial charge in [0.15, 0.2) is 0 Å². The van der Waals surface area contributed by atoms with Crippen LogP contribution in [0.2, 0.25) is 0 Å².